The Hall–Kier alpha value is -1.42. The zero-order chi connectivity index (χ0) is 23.7. The SMILES string of the molecule is CCCCCCCCCCCCCCCCCC(C)(CC(=O)O)Nc1ccc(Cl)c(N)c1. The summed E-state index contributed by atoms with van der Waals surface area (Å²) >= 11 is 6.00. The van der Waals surface area contributed by atoms with Crippen molar-refractivity contribution in [2.45, 2.75) is 129 Å². The van der Waals surface area contributed by atoms with Crippen LogP contribution in [0.25, 0.3) is 0 Å². The molecule has 0 aliphatic heterocycles. The number of carbonyl (C=O) groups is 1. The number of nitrogens with one attached hydrogen (secondary N) is 1. The Morgan fingerprint density at radius 1 is 0.906 bits per heavy atom. The van der Waals surface area contributed by atoms with Gasteiger partial charge in [0, 0.05) is 11.2 Å². The molecule has 0 fully saturated rings. The highest BCUT2D eigenvalue weighted by atomic mass is 35.5. The van der Waals surface area contributed by atoms with Crippen LogP contribution in [0.2, 0.25) is 5.02 Å². The molecule has 0 amide bonds. The van der Waals surface area contributed by atoms with E-state index in [1.165, 1.54) is 83.5 Å². The summed E-state index contributed by atoms with van der Waals surface area (Å²) in [6.07, 6.45) is 20.8. The van der Waals surface area contributed by atoms with E-state index in [1.807, 2.05) is 13.0 Å². The van der Waals surface area contributed by atoms with E-state index in [0.717, 1.165) is 24.9 Å². The molecule has 0 bridgehead atoms. The summed E-state index contributed by atoms with van der Waals surface area (Å²) < 4.78 is 0. The number of carboxylic acid groups (broad SMARTS) is 1. The van der Waals surface area contributed by atoms with Crippen molar-refractivity contribution in [2.24, 2.45) is 0 Å². The normalized spacial score (nSPS) is 13.1. The summed E-state index contributed by atoms with van der Waals surface area (Å²) in [6.45, 7) is 4.25. The molecule has 1 aromatic rings. The Morgan fingerprint density at radius 2 is 1.38 bits per heavy atom. The molecule has 184 valence electrons. The van der Waals surface area contributed by atoms with Crippen molar-refractivity contribution in [3.8, 4) is 0 Å². The number of anilines is 2. The van der Waals surface area contributed by atoms with Gasteiger partial charge >= 0.3 is 5.97 Å². The molecule has 1 unspecified atom stereocenters. The van der Waals surface area contributed by atoms with E-state index in [2.05, 4.69) is 12.2 Å². The molecule has 4 nitrogen and oxygen atoms in total. The zero-order valence-electron chi connectivity index (χ0n) is 20.6. The smallest absolute Gasteiger partial charge is 0.305 e. The molecule has 5 heteroatoms. The Kier molecular flexibility index (Phi) is 15.3. The quantitative estimate of drug-likeness (QED) is 0.132. The number of unbranched alkanes of at least 4 members (excludes halogenated alkanes) is 14. The number of rotatable bonds is 20. The maximum Gasteiger partial charge on any atom is 0.305 e. The minimum Gasteiger partial charge on any atom is -0.481 e. The molecule has 0 aliphatic rings. The summed E-state index contributed by atoms with van der Waals surface area (Å²) in [5, 5.41) is 13.3. The zero-order valence-corrected chi connectivity index (χ0v) is 21.3. The van der Waals surface area contributed by atoms with E-state index < -0.39 is 11.5 Å². The molecule has 1 atom stereocenters. The molecule has 0 aromatic heterocycles. The predicted octanol–water partition coefficient (Wildman–Crippen LogP) is 8.83. The molecule has 0 saturated carbocycles. The lowest BCUT2D eigenvalue weighted by Gasteiger charge is -2.31. The first kappa shape index (κ1) is 28.6. The molecular weight excluding hydrogens is 420 g/mol. The first-order valence-corrected chi connectivity index (χ1v) is 13.3. The fraction of sp³-hybridized carbons (Fsp3) is 0.741. The second kappa shape index (κ2) is 17.1. The minimum atomic E-state index is -0.789. The average Bonchev–Trinajstić information content (AvgIpc) is 2.73. The van der Waals surface area contributed by atoms with Crippen LogP contribution in [-0.2, 0) is 4.79 Å². The van der Waals surface area contributed by atoms with Gasteiger partial charge in [0.1, 0.15) is 0 Å². The van der Waals surface area contributed by atoms with Crippen molar-refractivity contribution in [3.63, 3.8) is 0 Å². The van der Waals surface area contributed by atoms with Gasteiger partial charge < -0.3 is 16.2 Å². The lowest BCUT2D eigenvalue weighted by Crippen LogP contribution is -2.37. The molecule has 1 rings (SSSR count). The number of nitrogens with two attached hydrogens (primary N) is 1. The topological polar surface area (TPSA) is 75.3 Å². The fourth-order valence-electron chi connectivity index (χ4n) is 4.39. The first-order chi connectivity index (χ1) is 15.4. The Bertz CT molecular complexity index is 638. The van der Waals surface area contributed by atoms with Gasteiger partial charge in [0.05, 0.1) is 17.1 Å². The Balaban J connectivity index is 2.13. The van der Waals surface area contributed by atoms with Gasteiger partial charge in [0.15, 0.2) is 0 Å². The van der Waals surface area contributed by atoms with Gasteiger partial charge in [0.25, 0.3) is 0 Å². The monoisotopic (exact) mass is 466 g/mol. The summed E-state index contributed by atoms with van der Waals surface area (Å²) in [5.74, 6) is -0.789. The maximum absolute atomic E-state index is 11.4. The number of hydrogen-bond acceptors (Lipinski definition) is 3. The van der Waals surface area contributed by atoms with Gasteiger partial charge in [-0.3, -0.25) is 4.79 Å². The third kappa shape index (κ3) is 13.9. The number of carboxylic acids is 1. The number of hydrogen-bond donors (Lipinski definition) is 3. The molecule has 0 aliphatic carbocycles. The summed E-state index contributed by atoms with van der Waals surface area (Å²) in [5.41, 5.74) is 6.71. The van der Waals surface area contributed by atoms with Crippen LogP contribution in [0.15, 0.2) is 18.2 Å². The van der Waals surface area contributed by atoms with Gasteiger partial charge in [-0.1, -0.05) is 115 Å². The van der Waals surface area contributed by atoms with Crippen LogP contribution in [0.4, 0.5) is 11.4 Å². The van der Waals surface area contributed by atoms with Crippen LogP contribution in [0.1, 0.15) is 123 Å². The van der Waals surface area contributed by atoms with E-state index in [-0.39, 0.29) is 6.42 Å². The molecular formula is C27H47ClN2O2. The number of benzene rings is 1. The average molecular weight is 467 g/mol. The molecule has 4 N–H and O–H groups in total. The van der Waals surface area contributed by atoms with Crippen LogP contribution in [0.3, 0.4) is 0 Å². The maximum atomic E-state index is 11.4. The highest BCUT2D eigenvalue weighted by Gasteiger charge is 2.27. The standard InChI is InChI=1S/C27H47ClN2O2/c1-3-4-5-6-7-8-9-10-11-12-13-14-15-16-17-20-27(2,22-26(31)32)30-23-18-19-24(28)25(29)21-23/h18-19,21,30H,3-17,20,22,29H2,1-2H3,(H,31,32). The van der Waals surface area contributed by atoms with E-state index in [4.69, 9.17) is 17.3 Å². The van der Waals surface area contributed by atoms with Crippen molar-refractivity contribution in [1.29, 1.82) is 0 Å². The van der Waals surface area contributed by atoms with Crippen molar-refractivity contribution in [1.82, 2.24) is 0 Å². The van der Waals surface area contributed by atoms with Gasteiger partial charge in [0.2, 0.25) is 0 Å². The third-order valence-corrected chi connectivity index (χ3v) is 6.66. The highest BCUT2D eigenvalue weighted by Crippen LogP contribution is 2.29. The van der Waals surface area contributed by atoms with Crippen LogP contribution in [0.5, 0.6) is 0 Å². The molecule has 0 heterocycles. The lowest BCUT2D eigenvalue weighted by molar-refractivity contribution is -0.138. The van der Waals surface area contributed by atoms with Crippen LogP contribution >= 0.6 is 11.6 Å². The highest BCUT2D eigenvalue weighted by molar-refractivity contribution is 6.33. The lowest BCUT2D eigenvalue weighted by atomic mass is 9.90. The van der Waals surface area contributed by atoms with Crippen molar-refractivity contribution in [3.05, 3.63) is 23.2 Å². The number of nitrogen functional groups attached to an aromatic ring is 1. The Labute approximate surface area is 201 Å². The van der Waals surface area contributed by atoms with Gasteiger partial charge in [-0.2, -0.15) is 0 Å². The number of halogens is 1. The summed E-state index contributed by atoms with van der Waals surface area (Å²) in [6, 6.07) is 5.37. The molecule has 0 spiro atoms. The first-order valence-electron chi connectivity index (χ1n) is 12.9. The summed E-state index contributed by atoms with van der Waals surface area (Å²) in [7, 11) is 0. The van der Waals surface area contributed by atoms with Crippen molar-refractivity contribution in [2.75, 3.05) is 11.1 Å². The van der Waals surface area contributed by atoms with Crippen molar-refractivity contribution < 1.29 is 9.90 Å². The van der Waals surface area contributed by atoms with Gasteiger partial charge in [-0.25, -0.2) is 0 Å². The van der Waals surface area contributed by atoms with Gasteiger partial charge in [-0.05, 0) is 31.5 Å². The van der Waals surface area contributed by atoms with E-state index in [9.17, 15) is 9.90 Å². The summed E-state index contributed by atoms with van der Waals surface area (Å²) in [4.78, 5) is 11.4. The largest absolute Gasteiger partial charge is 0.481 e. The molecule has 1 aromatic carbocycles. The minimum absolute atomic E-state index is 0.0775. The van der Waals surface area contributed by atoms with Crippen LogP contribution in [-0.4, -0.2) is 16.6 Å². The number of aliphatic carboxylic acids is 1. The van der Waals surface area contributed by atoms with E-state index >= 15 is 0 Å². The molecule has 0 saturated heterocycles. The van der Waals surface area contributed by atoms with Gasteiger partial charge in [-0.15, -0.1) is 0 Å². The van der Waals surface area contributed by atoms with Crippen LogP contribution in [0, 0.1) is 0 Å². The Morgan fingerprint density at radius 3 is 1.81 bits per heavy atom. The third-order valence-electron chi connectivity index (χ3n) is 6.32. The van der Waals surface area contributed by atoms with Crippen LogP contribution < -0.4 is 11.1 Å². The van der Waals surface area contributed by atoms with E-state index in [1.54, 1.807) is 12.1 Å². The molecule has 32 heavy (non-hydrogen) atoms. The fourth-order valence-corrected chi connectivity index (χ4v) is 4.50. The predicted molar refractivity (Wildman–Crippen MR) is 140 cm³/mol. The second-order valence-corrected chi connectivity index (χ2v) is 10.1. The van der Waals surface area contributed by atoms with E-state index in [0.29, 0.717) is 10.7 Å². The van der Waals surface area contributed by atoms with Crippen molar-refractivity contribution >= 4 is 28.9 Å². The second-order valence-electron chi connectivity index (χ2n) is 9.69. The molecule has 0 radical (unpaired) electrons.